The molecule has 0 nitrogen and oxygen atoms in total. The molecule has 0 aliphatic heterocycles. The summed E-state index contributed by atoms with van der Waals surface area (Å²) in [5, 5.41) is 0. The summed E-state index contributed by atoms with van der Waals surface area (Å²) in [4.78, 5) is 0. The summed E-state index contributed by atoms with van der Waals surface area (Å²) in [5.74, 6) is 1.19. The Bertz CT molecular complexity index is 28.5. The number of hydrogen-bond donors (Lipinski definition) is 0. The highest BCUT2D eigenvalue weighted by atomic mass is 79.9. The quantitative estimate of drug-likeness (QED) is 0.531. The first-order valence-electron chi connectivity index (χ1n) is 1.73. The maximum absolute atomic E-state index is 5.49. The Morgan fingerprint density at radius 1 is 1.67 bits per heavy atom. The van der Waals surface area contributed by atoms with Crippen molar-refractivity contribution in [2.75, 3.05) is 0 Å². The van der Waals surface area contributed by atoms with E-state index in [1.54, 1.807) is 0 Å². The van der Waals surface area contributed by atoms with Gasteiger partial charge in [0, 0.05) is 0 Å². The molecule has 6 heavy (non-hydrogen) atoms. The van der Waals surface area contributed by atoms with Gasteiger partial charge in [-0.25, -0.2) is 0 Å². The highest BCUT2D eigenvalue weighted by Crippen LogP contribution is 2.16. The molecule has 0 aromatic heterocycles. The van der Waals surface area contributed by atoms with Crippen LogP contribution in [-0.2, 0) is 0 Å². The normalized spacial score (nSPS) is 15.5. The number of rotatable bonds is 1. The summed E-state index contributed by atoms with van der Waals surface area (Å²) < 4.78 is 0.0532. The zero-order chi connectivity index (χ0) is 5.15. The van der Waals surface area contributed by atoms with Crippen molar-refractivity contribution in [2.45, 2.75) is 18.1 Å². The Labute approximate surface area is 52.0 Å². The predicted molar refractivity (Wildman–Crippen MR) is 33.2 cm³/mol. The smallest absolute Gasteiger partial charge is 0.0942 e. The lowest BCUT2D eigenvalue weighted by molar-refractivity contribution is 1.08. The molecule has 0 aliphatic rings. The van der Waals surface area contributed by atoms with Crippen LogP contribution in [0.15, 0.2) is 0 Å². The summed E-state index contributed by atoms with van der Waals surface area (Å²) in [6, 6.07) is 0. The summed E-state index contributed by atoms with van der Waals surface area (Å²) in [6.07, 6.45) is 0. The lowest BCUT2D eigenvalue weighted by Crippen LogP contribution is -1.92. The fraction of sp³-hybridized carbons (Fsp3) is 0.750. The molecule has 2 heteroatoms. The van der Waals surface area contributed by atoms with Crippen molar-refractivity contribution >= 4 is 27.5 Å². The van der Waals surface area contributed by atoms with Crippen molar-refractivity contribution in [2.24, 2.45) is 0 Å². The van der Waals surface area contributed by atoms with Crippen LogP contribution in [0.3, 0.4) is 0 Å². The summed E-state index contributed by atoms with van der Waals surface area (Å²) in [7, 11) is 0. The molecule has 0 spiro atoms. The van der Waals surface area contributed by atoms with Gasteiger partial charge in [0.25, 0.3) is 0 Å². The van der Waals surface area contributed by atoms with Crippen LogP contribution in [0.2, 0.25) is 0 Å². The largest absolute Gasteiger partial charge is 0.110 e. The Balaban J connectivity index is 2.99. The second-order valence-electron chi connectivity index (χ2n) is 1.38. The molecule has 37 valence electrons. The van der Waals surface area contributed by atoms with Crippen LogP contribution in [0.1, 0.15) is 13.8 Å². The van der Waals surface area contributed by atoms with E-state index in [0.29, 0.717) is 0 Å². The Morgan fingerprint density at radius 3 is 1.83 bits per heavy atom. The fourth-order valence-electron chi connectivity index (χ4n) is 0. The predicted octanol–water partition coefficient (Wildman–Crippen LogP) is 2.56. The molecule has 0 heterocycles. The van der Waals surface area contributed by atoms with Crippen molar-refractivity contribution in [1.82, 2.24) is 0 Å². The van der Waals surface area contributed by atoms with Gasteiger partial charge >= 0.3 is 0 Å². The van der Waals surface area contributed by atoms with E-state index in [1.165, 1.54) is 5.92 Å². The third-order valence-corrected chi connectivity index (χ3v) is 1.79. The molecule has 1 atom stereocenters. The Hall–Kier alpha value is 0.770. The minimum atomic E-state index is 0.0532. The van der Waals surface area contributed by atoms with Gasteiger partial charge in [-0.15, -0.1) is 11.6 Å². The van der Waals surface area contributed by atoms with Gasteiger partial charge in [0.2, 0.25) is 0 Å². The molecular weight excluding hydrogens is 163 g/mol. The van der Waals surface area contributed by atoms with Gasteiger partial charge in [0.05, 0.1) is 4.29 Å². The third kappa shape index (κ3) is 2.98. The molecule has 0 rings (SSSR count). The molecule has 0 saturated heterocycles. The zero-order valence-electron chi connectivity index (χ0n) is 3.83. The lowest BCUT2D eigenvalue weighted by Gasteiger charge is -1.99. The van der Waals surface area contributed by atoms with E-state index in [-0.39, 0.29) is 4.29 Å². The molecule has 0 bridgehead atoms. The third-order valence-electron chi connectivity index (χ3n) is 0.436. The van der Waals surface area contributed by atoms with Crippen LogP contribution in [0.25, 0.3) is 0 Å². The Morgan fingerprint density at radius 2 is 1.83 bits per heavy atom. The molecular formula is C4H7BrCl. The molecule has 1 radical (unpaired) electrons. The van der Waals surface area contributed by atoms with E-state index >= 15 is 0 Å². The van der Waals surface area contributed by atoms with E-state index in [9.17, 15) is 0 Å². The van der Waals surface area contributed by atoms with E-state index in [2.05, 4.69) is 15.9 Å². The first-order valence-corrected chi connectivity index (χ1v) is 3.08. The van der Waals surface area contributed by atoms with E-state index in [1.807, 2.05) is 13.8 Å². The molecule has 0 aromatic carbocycles. The molecule has 0 saturated carbocycles. The van der Waals surface area contributed by atoms with Gasteiger partial charge in [0.1, 0.15) is 0 Å². The van der Waals surface area contributed by atoms with Crippen LogP contribution in [0.4, 0.5) is 0 Å². The molecule has 0 fully saturated rings. The molecule has 0 aliphatic carbocycles. The van der Waals surface area contributed by atoms with Crippen molar-refractivity contribution in [3.05, 3.63) is 5.92 Å². The summed E-state index contributed by atoms with van der Waals surface area (Å²) in [6.45, 7) is 3.96. The second kappa shape index (κ2) is 2.86. The van der Waals surface area contributed by atoms with Gasteiger partial charge < -0.3 is 0 Å². The van der Waals surface area contributed by atoms with E-state index in [4.69, 9.17) is 11.6 Å². The number of halogens is 2. The van der Waals surface area contributed by atoms with Crippen molar-refractivity contribution in [3.8, 4) is 0 Å². The first kappa shape index (κ1) is 6.77. The number of alkyl halides is 2. The van der Waals surface area contributed by atoms with Gasteiger partial charge in [-0.05, 0) is 5.92 Å². The van der Waals surface area contributed by atoms with E-state index < -0.39 is 0 Å². The van der Waals surface area contributed by atoms with E-state index in [0.717, 1.165) is 0 Å². The first-order chi connectivity index (χ1) is 2.64. The van der Waals surface area contributed by atoms with Gasteiger partial charge in [-0.3, -0.25) is 0 Å². The SMILES string of the molecule is C[C](C)C(Cl)Br. The van der Waals surface area contributed by atoms with Crippen LogP contribution in [-0.4, -0.2) is 4.29 Å². The van der Waals surface area contributed by atoms with Gasteiger partial charge in [-0.1, -0.05) is 29.8 Å². The van der Waals surface area contributed by atoms with Crippen LogP contribution < -0.4 is 0 Å². The van der Waals surface area contributed by atoms with Gasteiger partial charge in [-0.2, -0.15) is 0 Å². The minimum absolute atomic E-state index is 0.0532. The molecule has 0 aromatic rings. The average molecular weight is 170 g/mol. The number of hydrogen-bond acceptors (Lipinski definition) is 0. The lowest BCUT2D eigenvalue weighted by atomic mass is 10.3. The van der Waals surface area contributed by atoms with Crippen LogP contribution in [0, 0.1) is 5.92 Å². The van der Waals surface area contributed by atoms with Crippen LogP contribution in [0.5, 0.6) is 0 Å². The van der Waals surface area contributed by atoms with Gasteiger partial charge in [0.15, 0.2) is 0 Å². The zero-order valence-corrected chi connectivity index (χ0v) is 6.18. The summed E-state index contributed by atoms with van der Waals surface area (Å²) in [5.41, 5.74) is 0. The topological polar surface area (TPSA) is 0 Å². The second-order valence-corrected chi connectivity index (χ2v) is 3.26. The highest BCUT2D eigenvalue weighted by molar-refractivity contribution is 9.10. The van der Waals surface area contributed by atoms with Crippen LogP contribution >= 0.6 is 27.5 Å². The molecule has 0 amide bonds. The summed E-state index contributed by atoms with van der Waals surface area (Å²) >= 11 is 8.66. The maximum atomic E-state index is 5.49. The monoisotopic (exact) mass is 169 g/mol. The fourth-order valence-corrected chi connectivity index (χ4v) is 0. The van der Waals surface area contributed by atoms with Crippen molar-refractivity contribution in [1.29, 1.82) is 0 Å². The minimum Gasteiger partial charge on any atom is -0.110 e. The Kier molecular flexibility index (Phi) is 3.23. The van der Waals surface area contributed by atoms with Crippen molar-refractivity contribution in [3.63, 3.8) is 0 Å². The highest BCUT2D eigenvalue weighted by Gasteiger charge is 2.01. The average Bonchev–Trinajstić information content (AvgIpc) is 1.36. The van der Waals surface area contributed by atoms with Crippen molar-refractivity contribution < 1.29 is 0 Å². The maximum Gasteiger partial charge on any atom is 0.0942 e. The standard InChI is InChI=1S/C4H7BrCl/c1-3(2)4(5)6/h4H,1-2H3. The molecule has 0 N–H and O–H groups in total. The molecule has 1 unspecified atom stereocenters.